The molecule has 0 fully saturated rings. The number of halogens is 2. The lowest BCUT2D eigenvalue weighted by atomic mass is 10.1. The molecule has 0 aliphatic carbocycles. The van der Waals surface area contributed by atoms with E-state index in [-0.39, 0.29) is 10.7 Å². The molecule has 0 saturated heterocycles. The minimum atomic E-state index is -0.579. The lowest BCUT2D eigenvalue weighted by Gasteiger charge is -2.11. The maximum atomic E-state index is 10.7. The van der Waals surface area contributed by atoms with Crippen molar-refractivity contribution in [1.29, 1.82) is 0 Å². The molecule has 110 valence electrons. The fraction of sp³-hybridized carbons (Fsp3) is 0.143. The first kappa shape index (κ1) is 15.8. The second-order valence-corrected chi connectivity index (χ2v) is 5.60. The van der Waals surface area contributed by atoms with Crippen molar-refractivity contribution in [2.45, 2.75) is 13.0 Å². The van der Waals surface area contributed by atoms with Crippen LogP contribution in [0.5, 0.6) is 11.5 Å². The molecule has 0 aliphatic heterocycles. The Morgan fingerprint density at radius 3 is 2.57 bits per heavy atom. The Balaban J connectivity index is 2.26. The molecule has 0 heterocycles. The van der Waals surface area contributed by atoms with Gasteiger partial charge >= 0.3 is 0 Å². The highest BCUT2D eigenvalue weighted by molar-refractivity contribution is 9.10. The maximum absolute atomic E-state index is 10.7. The average Bonchev–Trinajstić information content (AvgIpc) is 2.40. The lowest BCUT2D eigenvalue weighted by Crippen LogP contribution is -1.93. The standard InChI is InChI=1S/C14H11BrClNO4/c1-8(18)9-2-5-14(11(15)6-9)21-10-3-4-13(17(19)20)12(16)7-10/h2-8,18H,1H3/t8-/m1/s1. The number of aliphatic hydroxyl groups excluding tert-OH is 1. The highest BCUT2D eigenvalue weighted by Gasteiger charge is 2.14. The summed E-state index contributed by atoms with van der Waals surface area (Å²) in [5.74, 6) is 0.903. The van der Waals surface area contributed by atoms with Crippen molar-refractivity contribution < 1.29 is 14.8 Å². The van der Waals surface area contributed by atoms with Crippen LogP contribution < -0.4 is 4.74 Å². The van der Waals surface area contributed by atoms with Crippen molar-refractivity contribution in [3.8, 4) is 11.5 Å². The van der Waals surface area contributed by atoms with Crippen molar-refractivity contribution in [3.05, 3.63) is 61.6 Å². The monoisotopic (exact) mass is 371 g/mol. The molecule has 1 atom stereocenters. The summed E-state index contributed by atoms with van der Waals surface area (Å²) in [6.07, 6.45) is -0.579. The summed E-state index contributed by atoms with van der Waals surface area (Å²) < 4.78 is 6.29. The second-order valence-electron chi connectivity index (χ2n) is 4.34. The van der Waals surface area contributed by atoms with E-state index in [1.807, 2.05) is 0 Å². The van der Waals surface area contributed by atoms with E-state index in [9.17, 15) is 15.2 Å². The van der Waals surface area contributed by atoms with Crippen molar-refractivity contribution in [1.82, 2.24) is 0 Å². The minimum Gasteiger partial charge on any atom is -0.456 e. The van der Waals surface area contributed by atoms with Crippen LogP contribution in [0.3, 0.4) is 0 Å². The molecular formula is C14H11BrClNO4. The number of rotatable bonds is 4. The van der Waals surface area contributed by atoms with Crippen LogP contribution in [0, 0.1) is 10.1 Å². The van der Waals surface area contributed by atoms with E-state index < -0.39 is 11.0 Å². The average molecular weight is 373 g/mol. The van der Waals surface area contributed by atoms with Crippen molar-refractivity contribution in [2.75, 3.05) is 0 Å². The first-order chi connectivity index (χ1) is 9.88. The zero-order chi connectivity index (χ0) is 15.6. The van der Waals surface area contributed by atoms with Crippen LogP contribution in [0.15, 0.2) is 40.9 Å². The predicted molar refractivity (Wildman–Crippen MR) is 83.0 cm³/mol. The van der Waals surface area contributed by atoms with Gasteiger partial charge in [0.15, 0.2) is 0 Å². The molecule has 2 rings (SSSR count). The summed E-state index contributed by atoms with van der Waals surface area (Å²) >= 11 is 9.18. The number of ether oxygens (including phenoxy) is 1. The van der Waals surface area contributed by atoms with Gasteiger partial charge in [0, 0.05) is 12.1 Å². The summed E-state index contributed by atoms with van der Waals surface area (Å²) in [5, 5.41) is 20.2. The van der Waals surface area contributed by atoms with Gasteiger partial charge in [0.1, 0.15) is 16.5 Å². The Hall–Kier alpha value is -1.63. The number of hydrogen-bond acceptors (Lipinski definition) is 4. The zero-order valence-electron chi connectivity index (χ0n) is 10.9. The fourth-order valence-corrected chi connectivity index (χ4v) is 2.40. The molecule has 21 heavy (non-hydrogen) atoms. The summed E-state index contributed by atoms with van der Waals surface area (Å²) in [6, 6.07) is 9.32. The van der Waals surface area contributed by atoms with E-state index in [4.69, 9.17) is 16.3 Å². The van der Waals surface area contributed by atoms with E-state index in [0.717, 1.165) is 5.56 Å². The second kappa shape index (κ2) is 6.43. The molecule has 1 N–H and O–H groups in total. The van der Waals surface area contributed by atoms with Gasteiger partial charge in [-0.25, -0.2) is 0 Å². The SMILES string of the molecule is C[C@@H](O)c1ccc(Oc2ccc([N+](=O)[O-])c(Cl)c2)c(Br)c1. The highest BCUT2D eigenvalue weighted by atomic mass is 79.9. The van der Waals surface area contributed by atoms with Gasteiger partial charge in [-0.2, -0.15) is 0 Å². The summed E-state index contributed by atoms with van der Waals surface area (Å²) in [7, 11) is 0. The molecule has 2 aromatic rings. The Bertz CT molecular complexity index is 691. The first-order valence-corrected chi connectivity index (χ1v) is 7.15. The Kier molecular flexibility index (Phi) is 4.82. The molecule has 5 nitrogen and oxygen atoms in total. The number of nitro benzene ring substituents is 1. The normalized spacial score (nSPS) is 12.0. The molecular weight excluding hydrogens is 362 g/mol. The van der Waals surface area contributed by atoms with Gasteiger partial charge in [0.2, 0.25) is 0 Å². The van der Waals surface area contributed by atoms with E-state index in [1.165, 1.54) is 18.2 Å². The lowest BCUT2D eigenvalue weighted by molar-refractivity contribution is -0.384. The highest BCUT2D eigenvalue weighted by Crippen LogP contribution is 2.35. The molecule has 2 aromatic carbocycles. The Morgan fingerprint density at radius 2 is 2.05 bits per heavy atom. The Morgan fingerprint density at radius 1 is 1.33 bits per heavy atom. The van der Waals surface area contributed by atoms with Crippen LogP contribution >= 0.6 is 27.5 Å². The van der Waals surface area contributed by atoms with Crippen LogP contribution in [0.2, 0.25) is 5.02 Å². The third-order valence-electron chi connectivity index (χ3n) is 2.78. The summed E-state index contributed by atoms with van der Waals surface area (Å²) in [6.45, 7) is 1.67. The number of nitro groups is 1. The number of nitrogens with zero attached hydrogens (tertiary/aromatic N) is 1. The molecule has 7 heteroatoms. The Labute approximate surface area is 134 Å². The van der Waals surface area contributed by atoms with Gasteiger partial charge in [-0.05, 0) is 46.6 Å². The predicted octanol–water partition coefficient (Wildman–Crippen LogP) is 4.86. The van der Waals surface area contributed by atoms with Crippen LogP contribution in [0.1, 0.15) is 18.6 Å². The van der Waals surface area contributed by atoms with Gasteiger partial charge in [0.25, 0.3) is 5.69 Å². The number of benzene rings is 2. The molecule has 0 amide bonds. The molecule has 0 aromatic heterocycles. The quantitative estimate of drug-likeness (QED) is 0.614. The molecule has 0 radical (unpaired) electrons. The maximum Gasteiger partial charge on any atom is 0.288 e. The zero-order valence-corrected chi connectivity index (χ0v) is 13.3. The first-order valence-electron chi connectivity index (χ1n) is 5.98. The molecule has 0 saturated carbocycles. The minimum absolute atomic E-state index is 0.00854. The molecule has 0 aliphatic rings. The summed E-state index contributed by atoms with van der Waals surface area (Å²) in [5.41, 5.74) is 0.573. The smallest absolute Gasteiger partial charge is 0.288 e. The molecule has 0 bridgehead atoms. The van der Waals surface area contributed by atoms with E-state index in [0.29, 0.717) is 16.0 Å². The van der Waals surface area contributed by atoms with Crippen LogP contribution in [0.25, 0.3) is 0 Å². The fourth-order valence-electron chi connectivity index (χ4n) is 1.69. The van der Waals surface area contributed by atoms with Crippen molar-refractivity contribution in [3.63, 3.8) is 0 Å². The topological polar surface area (TPSA) is 72.6 Å². The van der Waals surface area contributed by atoms with E-state index in [2.05, 4.69) is 15.9 Å². The third kappa shape index (κ3) is 3.72. The van der Waals surface area contributed by atoms with Gasteiger partial charge in [0.05, 0.1) is 15.5 Å². The van der Waals surface area contributed by atoms with Crippen LogP contribution in [0.4, 0.5) is 5.69 Å². The number of aliphatic hydroxyl groups is 1. The van der Waals surface area contributed by atoms with Gasteiger partial charge < -0.3 is 9.84 Å². The van der Waals surface area contributed by atoms with Gasteiger partial charge in [-0.1, -0.05) is 17.7 Å². The van der Waals surface area contributed by atoms with Gasteiger partial charge in [-0.15, -0.1) is 0 Å². The largest absolute Gasteiger partial charge is 0.456 e. The van der Waals surface area contributed by atoms with Crippen LogP contribution in [-0.2, 0) is 0 Å². The third-order valence-corrected chi connectivity index (χ3v) is 3.70. The van der Waals surface area contributed by atoms with E-state index >= 15 is 0 Å². The van der Waals surface area contributed by atoms with Crippen molar-refractivity contribution >= 4 is 33.2 Å². The number of hydrogen-bond donors (Lipinski definition) is 1. The van der Waals surface area contributed by atoms with Crippen LogP contribution in [-0.4, -0.2) is 10.0 Å². The van der Waals surface area contributed by atoms with Crippen molar-refractivity contribution in [2.24, 2.45) is 0 Å². The summed E-state index contributed by atoms with van der Waals surface area (Å²) in [4.78, 5) is 10.1. The molecule has 0 spiro atoms. The molecule has 0 unspecified atom stereocenters. The van der Waals surface area contributed by atoms with E-state index in [1.54, 1.807) is 25.1 Å². The van der Waals surface area contributed by atoms with Gasteiger partial charge in [-0.3, -0.25) is 10.1 Å².